The van der Waals surface area contributed by atoms with Gasteiger partial charge in [0.25, 0.3) is 0 Å². The van der Waals surface area contributed by atoms with Gasteiger partial charge in [-0.25, -0.2) is 0 Å². The molecular formula is C21H37NO3. The standard InChI is InChI=1S/C21H37NO3/c1-3-4-8-11-17(23)13-14-19-18(20(24)16-21(19)25)12-9-6-5-7-10-15-22-2/h3-4,6,9,15,17-21,23-25H,5,7-8,10-14,16H2,1-2H3/b4-3+,9-6-,22-15?/t17?,18-,19-,20?,21?/m1/s1. The first kappa shape index (κ1) is 22.1. The third-order valence-electron chi connectivity index (χ3n) is 5.22. The number of nitrogens with zero attached hydrogens (tertiary/aromatic N) is 1. The fraction of sp³-hybridized carbons (Fsp3) is 0.762. The van der Waals surface area contributed by atoms with Crippen molar-refractivity contribution in [3.05, 3.63) is 24.3 Å². The predicted octanol–water partition coefficient (Wildman–Crippen LogP) is 3.66. The van der Waals surface area contributed by atoms with Gasteiger partial charge in [-0.1, -0.05) is 24.3 Å². The molecule has 3 N–H and O–H groups in total. The van der Waals surface area contributed by atoms with Crippen LogP contribution in [-0.2, 0) is 0 Å². The lowest BCUT2D eigenvalue weighted by molar-refractivity contribution is 0.0859. The van der Waals surface area contributed by atoms with Gasteiger partial charge in [-0.05, 0) is 82.8 Å². The van der Waals surface area contributed by atoms with Crippen LogP contribution in [0.5, 0.6) is 0 Å². The van der Waals surface area contributed by atoms with Crippen molar-refractivity contribution in [1.29, 1.82) is 0 Å². The summed E-state index contributed by atoms with van der Waals surface area (Å²) in [4.78, 5) is 3.97. The molecule has 1 aliphatic carbocycles. The second-order valence-electron chi connectivity index (χ2n) is 7.15. The highest BCUT2D eigenvalue weighted by Crippen LogP contribution is 2.38. The molecule has 5 atom stereocenters. The smallest absolute Gasteiger partial charge is 0.0599 e. The molecule has 25 heavy (non-hydrogen) atoms. The van der Waals surface area contributed by atoms with E-state index in [0.29, 0.717) is 12.8 Å². The number of aliphatic hydroxyl groups excluding tert-OH is 3. The zero-order chi connectivity index (χ0) is 18.5. The van der Waals surface area contributed by atoms with Gasteiger partial charge in [-0.2, -0.15) is 0 Å². The maximum atomic E-state index is 10.3. The van der Waals surface area contributed by atoms with E-state index in [4.69, 9.17) is 0 Å². The molecule has 1 saturated carbocycles. The Morgan fingerprint density at radius 3 is 2.48 bits per heavy atom. The highest BCUT2D eigenvalue weighted by Gasteiger charge is 2.40. The Morgan fingerprint density at radius 2 is 1.76 bits per heavy atom. The summed E-state index contributed by atoms with van der Waals surface area (Å²) in [6.07, 6.45) is 16.6. The van der Waals surface area contributed by atoms with E-state index in [1.54, 1.807) is 7.05 Å². The molecule has 4 heteroatoms. The van der Waals surface area contributed by atoms with Crippen LogP contribution in [0.3, 0.4) is 0 Å². The summed E-state index contributed by atoms with van der Waals surface area (Å²) in [6, 6.07) is 0. The molecular weight excluding hydrogens is 314 g/mol. The van der Waals surface area contributed by atoms with Crippen molar-refractivity contribution in [2.24, 2.45) is 16.8 Å². The van der Waals surface area contributed by atoms with Gasteiger partial charge < -0.3 is 20.3 Å². The fourth-order valence-electron chi connectivity index (χ4n) is 3.72. The molecule has 0 spiro atoms. The Hall–Kier alpha value is -0.970. The first-order valence-electron chi connectivity index (χ1n) is 9.81. The summed E-state index contributed by atoms with van der Waals surface area (Å²) >= 11 is 0. The third-order valence-corrected chi connectivity index (χ3v) is 5.22. The van der Waals surface area contributed by atoms with Gasteiger partial charge in [0, 0.05) is 7.05 Å². The zero-order valence-corrected chi connectivity index (χ0v) is 15.9. The van der Waals surface area contributed by atoms with E-state index in [-0.39, 0.29) is 17.9 Å². The summed E-state index contributed by atoms with van der Waals surface area (Å²) in [7, 11) is 1.79. The SMILES string of the molecule is C/C=C/CCC(O)CC[C@H]1C(O)CC(O)[C@@H]1C/C=C\CCCC=NC. The van der Waals surface area contributed by atoms with Crippen LogP contribution in [0.1, 0.15) is 64.7 Å². The number of hydrogen-bond acceptors (Lipinski definition) is 4. The van der Waals surface area contributed by atoms with Crippen molar-refractivity contribution in [1.82, 2.24) is 0 Å². The van der Waals surface area contributed by atoms with Gasteiger partial charge >= 0.3 is 0 Å². The van der Waals surface area contributed by atoms with E-state index in [1.165, 1.54) is 0 Å². The average molecular weight is 352 g/mol. The highest BCUT2D eigenvalue weighted by molar-refractivity contribution is 5.56. The summed E-state index contributed by atoms with van der Waals surface area (Å²) in [5.74, 6) is 0.189. The predicted molar refractivity (Wildman–Crippen MR) is 105 cm³/mol. The Kier molecular flexibility index (Phi) is 11.7. The van der Waals surface area contributed by atoms with Crippen LogP contribution in [0.15, 0.2) is 29.3 Å². The molecule has 1 fully saturated rings. The molecule has 3 unspecified atom stereocenters. The first-order chi connectivity index (χ1) is 12.1. The third kappa shape index (κ3) is 8.80. The van der Waals surface area contributed by atoms with Crippen LogP contribution < -0.4 is 0 Å². The minimum Gasteiger partial charge on any atom is -0.393 e. The zero-order valence-electron chi connectivity index (χ0n) is 15.9. The van der Waals surface area contributed by atoms with Crippen LogP contribution in [0.25, 0.3) is 0 Å². The van der Waals surface area contributed by atoms with E-state index in [9.17, 15) is 15.3 Å². The van der Waals surface area contributed by atoms with Crippen molar-refractivity contribution in [2.75, 3.05) is 7.05 Å². The Labute approximate surface area is 153 Å². The number of allylic oxidation sites excluding steroid dienone is 4. The number of unbranched alkanes of at least 4 members (excludes halogenated alkanes) is 2. The monoisotopic (exact) mass is 351 g/mol. The van der Waals surface area contributed by atoms with Crippen molar-refractivity contribution in [3.63, 3.8) is 0 Å². The molecule has 0 aromatic rings. The van der Waals surface area contributed by atoms with Crippen molar-refractivity contribution < 1.29 is 15.3 Å². The molecule has 0 amide bonds. The molecule has 0 radical (unpaired) electrons. The summed E-state index contributed by atoms with van der Waals surface area (Å²) < 4.78 is 0. The van der Waals surface area contributed by atoms with Crippen LogP contribution in [0.2, 0.25) is 0 Å². The van der Waals surface area contributed by atoms with Crippen LogP contribution in [0.4, 0.5) is 0 Å². The number of hydrogen-bond donors (Lipinski definition) is 3. The first-order valence-corrected chi connectivity index (χ1v) is 9.81. The maximum Gasteiger partial charge on any atom is 0.0599 e. The molecule has 0 heterocycles. The van der Waals surface area contributed by atoms with Gasteiger partial charge in [0.2, 0.25) is 0 Å². The lowest BCUT2D eigenvalue weighted by Crippen LogP contribution is -2.23. The highest BCUT2D eigenvalue weighted by atomic mass is 16.3. The molecule has 0 aliphatic heterocycles. The van der Waals surface area contributed by atoms with Crippen LogP contribution >= 0.6 is 0 Å². The van der Waals surface area contributed by atoms with E-state index in [0.717, 1.165) is 44.9 Å². The average Bonchev–Trinajstić information content (AvgIpc) is 2.85. The van der Waals surface area contributed by atoms with Gasteiger partial charge in [-0.15, -0.1) is 0 Å². The van der Waals surface area contributed by atoms with Crippen LogP contribution in [0, 0.1) is 11.8 Å². The molecule has 0 saturated heterocycles. The number of aliphatic hydroxyl groups is 3. The normalized spacial score (nSPS) is 28.7. The molecule has 0 aromatic carbocycles. The Balaban J connectivity index is 2.38. The molecule has 1 aliphatic rings. The molecule has 144 valence electrons. The van der Waals surface area contributed by atoms with Gasteiger partial charge in [0.1, 0.15) is 0 Å². The molecule has 1 rings (SSSR count). The number of aliphatic imine (C=N–C) groups is 1. The van der Waals surface area contributed by atoms with Crippen molar-refractivity contribution in [3.8, 4) is 0 Å². The van der Waals surface area contributed by atoms with Gasteiger partial charge in [-0.3, -0.25) is 0 Å². The van der Waals surface area contributed by atoms with Gasteiger partial charge in [0.15, 0.2) is 0 Å². The quantitative estimate of drug-likeness (QED) is 0.285. The molecule has 4 nitrogen and oxygen atoms in total. The lowest BCUT2D eigenvalue weighted by atomic mass is 9.85. The Bertz CT molecular complexity index is 419. The van der Waals surface area contributed by atoms with E-state index < -0.39 is 12.2 Å². The molecule has 0 bridgehead atoms. The van der Waals surface area contributed by atoms with Crippen LogP contribution in [-0.4, -0.2) is 46.9 Å². The summed E-state index contributed by atoms with van der Waals surface area (Å²) in [5.41, 5.74) is 0. The maximum absolute atomic E-state index is 10.3. The number of rotatable bonds is 12. The largest absolute Gasteiger partial charge is 0.393 e. The van der Waals surface area contributed by atoms with E-state index in [1.807, 2.05) is 19.2 Å². The topological polar surface area (TPSA) is 73.0 Å². The fourth-order valence-corrected chi connectivity index (χ4v) is 3.72. The second kappa shape index (κ2) is 13.3. The minimum absolute atomic E-state index is 0.0863. The molecule has 0 aromatic heterocycles. The summed E-state index contributed by atoms with van der Waals surface area (Å²) in [5, 5.41) is 30.6. The minimum atomic E-state index is -0.447. The van der Waals surface area contributed by atoms with Crippen molar-refractivity contribution >= 4 is 6.21 Å². The van der Waals surface area contributed by atoms with E-state index in [2.05, 4.69) is 23.2 Å². The van der Waals surface area contributed by atoms with Crippen molar-refractivity contribution in [2.45, 2.75) is 83.0 Å². The second-order valence-corrected chi connectivity index (χ2v) is 7.15. The Morgan fingerprint density at radius 1 is 1.00 bits per heavy atom. The van der Waals surface area contributed by atoms with Gasteiger partial charge in [0.05, 0.1) is 18.3 Å². The lowest BCUT2D eigenvalue weighted by Gasteiger charge is -2.23. The van der Waals surface area contributed by atoms with E-state index >= 15 is 0 Å². The summed E-state index contributed by atoms with van der Waals surface area (Å²) in [6.45, 7) is 1.98.